The molecule has 1 aromatic heterocycles. The Morgan fingerprint density at radius 2 is 2.18 bits per heavy atom. The first-order valence-corrected chi connectivity index (χ1v) is 5.36. The number of hydrogen-bond acceptors (Lipinski definition) is 3. The minimum Gasteiger partial charge on any atom is -0.481 e. The van der Waals surface area contributed by atoms with Crippen LogP contribution in [-0.2, 0) is 4.79 Å². The molecule has 1 heterocycles. The van der Waals surface area contributed by atoms with Crippen LogP contribution in [0.3, 0.4) is 0 Å². The van der Waals surface area contributed by atoms with E-state index in [4.69, 9.17) is 5.11 Å². The Morgan fingerprint density at radius 1 is 1.53 bits per heavy atom. The molecule has 0 saturated heterocycles. The van der Waals surface area contributed by atoms with Crippen LogP contribution in [0.2, 0.25) is 0 Å². The topological polar surface area (TPSA) is 95.1 Å². The number of nitrogens with zero attached hydrogens (tertiary/aromatic N) is 1. The van der Waals surface area contributed by atoms with Gasteiger partial charge in [-0.05, 0) is 27.2 Å². The Hall–Kier alpha value is -1.85. The van der Waals surface area contributed by atoms with E-state index in [2.05, 4.69) is 15.5 Å². The van der Waals surface area contributed by atoms with Gasteiger partial charge in [0.2, 0.25) is 0 Å². The van der Waals surface area contributed by atoms with Crippen LogP contribution in [0, 0.1) is 6.92 Å². The smallest absolute Gasteiger partial charge is 0.303 e. The van der Waals surface area contributed by atoms with Crippen molar-refractivity contribution in [3.63, 3.8) is 0 Å². The first-order valence-electron chi connectivity index (χ1n) is 5.36. The van der Waals surface area contributed by atoms with Crippen molar-refractivity contribution in [2.24, 2.45) is 0 Å². The quantitative estimate of drug-likeness (QED) is 0.716. The first kappa shape index (κ1) is 13.2. The molecule has 1 aromatic rings. The molecule has 0 bridgehead atoms. The lowest BCUT2D eigenvalue weighted by Gasteiger charge is -2.25. The van der Waals surface area contributed by atoms with Gasteiger partial charge in [-0.2, -0.15) is 5.10 Å². The third-order valence-corrected chi connectivity index (χ3v) is 2.49. The minimum atomic E-state index is -0.869. The summed E-state index contributed by atoms with van der Waals surface area (Å²) in [6.07, 6.45) is 1.86. The van der Waals surface area contributed by atoms with E-state index in [1.165, 1.54) is 6.20 Å². The molecular formula is C11H17N3O3. The highest BCUT2D eigenvalue weighted by atomic mass is 16.4. The third-order valence-electron chi connectivity index (χ3n) is 2.49. The number of H-pyrrole nitrogens is 1. The van der Waals surface area contributed by atoms with Crippen LogP contribution in [0.1, 0.15) is 42.7 Å². The van der Waals surface area contributed by atoms with Crippen molar-refractivity contribution in [2.75, 3.05) is 0 Å². The fourth-order valence-corrected chi connectivity index (χ4v) is 1.44. The van der Waals surface area contributed by atoms with Crippen LogP contribution < -0.4 is 5.32 Å². The number of carbonyl (C=O) groups is 2. The summed E-state index contributed by atoms with van der Waals surface area (Å²) >= 11 is 0. The van der Waals surface area contributed by atoms with Crippen molar-refractivity contribution in [2.45, 2.75) is 39.2 Å². The molecule has 0 aromatic carbocycles. The summed E-state index contributed by atoms with van der Waals surface area (Å²) in [6, 6.07) is 0. The lowest BCUT2D eigenvalue weighted by atomic mass is 9.98. The molecule has 0 saturated carbocycles. The summed E-state index contributed by atoms with van der Waals surface area (Å²) in [5.74, 6) is -1.11. The van der Waals surface area contributed by atoms with Crippen LogP contribution in [-0.4, -0.2) is 32.7 Å². The average molecular weight is 239 g/mol. The third kappa shape index (κ3) is 3.90. The Bertz CT molecular complexity index is 423. The number of aryl methyl sites for hydroxylation is 1. The normalized spacial score (nSPS) is 11.2. The first-order chi connectivity index (χ1) is 7.82. The maximum Gasteiger partial charge on any atom is 0.303 e. The van der Waals surface area contributed by atoms with Crippen molar-refractivity contribution in [3.05, 3.63) is 17.5 Å². The predicted octanol–water partition coefficient (Wildman–Crippen LogP) is 1.09. The summed E-state index contributed by atoms with van der Waals surface area (Å²) in [6.45, 7) is 5.35. The zero-order valence-electron chi connectivity index (χ0n) is 10.2. The van der Waals surface area contributed by atoms with Crippen LogP contribution in [0.25, 0.3) is 0 Å². The van der Waals surface area contributed by atoms with Gasteiger partial charge in [-0.1, -0.05) is 0 Å². The molecule has 0 aliphatic carbocycles. The predicted molar refractivity (Wildman–Crippen MR) is 61.7 cm³/mol. The maximum atomic E-state index is 11.9. The lowest BCUT2D eigenvalue weighted by molar-refractivity contribution is -0.137. The molecule has 0 aliphatic rings. The van der Waals surface area contributed by atoms with E-state index >= 15 is 0 Å². The molecule has 0 spiro atoms. The molecule has 1 amide bonds. The zero-order valence-corrected chi connectivity index (χ0v) is 10.2. The van der Waals surface area contributed by atoms with Crippen molar-refractivity contribution >= 4 is 11.9 Å². The number of hydrogen-bond donors (Lipinski definition) is 3. The number of rotatable bonds is 5. The molecule has 1 rings (SSSR count). The Kier molecular flexibility index (Phi) is 3.88. The average Bonchev–Trinajstić information content (AvgIpc) is 2.61. The van der Waals surface area contributed by atoms with Gasteiger partial charge in [-0.25, -0.2) is 0 Å². The molecule has 17 heavy (non-hydrogen) atoms. The molecular weight excluding hydrogens is 222 g/mol. The summed E-state index contributed by atoms with van der Waals surface area (Å²) < 4.78 is 0. The largest absolute Gasteiger partial charge is 0.481 e. The van der Waals surface area contributed by atoms with Crippen molar-refractivity contribution in [1.29, 1.82) is 0 Å². The number of amides is 1. The monoisotopic (exact) mass is 239 g/mol. The Morgan fingerprint density at radius 3 is 2.65 bits per heavy atom. The highest BCUT2D eigenvalue weighted by Gasteiger charge is 2.23. The van der Waals surface area contributed by atoms with Gasteiger partial charge in [0.25, 0.3) is 5.91 Å². The van der Waals surface area contributed by atoms with E-state index in [0.29, 0.717) is 17.7 Å². The molecule has 0 unspecified atom stereocenters. The van der Waals surface area contributed by atoms with Crippen molar-refractivity contribution < 1.29 is 14.7 Å². The van der Waals surface area contributed by atoms with E-state index in [-0.39, 0.29) is 12.3 Å². The SMILES string of the molecule is Cc1[nH]ncc1C(=O)NC(C)(C)CCC(=O)O. The number of aromatic nitrogens is 2. The number of carboxylic acids is 1. The molecule has 6 nitrogen and oxygen atoms in total. The Labute approximate surface area is 99.4 Å². The van der Waals surface area contributed by atoms with Crippen molar-refractivity contribution in [1.82, 2.24) is 15.5 Å². The van der Waals surface area contributed by atoms with E-state index in [0.717, 1.165) is 0 Å². The number of carbonyl (C=O) groups excluding carboxylic acids is 1. The summed E-state index contributed by atoms with van der Waals surface area (Å²) in [5, 5.41) is 17.9. The second kappa shape index (κ2) is 4.99. The van der Waals surface area contributed by atoms with Crippen LogP contribution in [0.5, 0.6) is 0 Å². The van der Waals surface area contributed by atoms with E-state index < -0.39 is 11.5 Å². The fraction of sp³-hybridized carbons (Fsp3) is 0.545. The highest BCUT2D eigenvalue weighted by Crippen LogP contribution is 2.13. The number of carboxylic acid groups (broad SMARTS) is 1. The molecule has 3 N–H and O–H groups in total. The highest BCUT2D eigenvalue weighted by molar-refractivity contribution is 5.95. The molecule has 94 valence electrons. The summed E-state index contributed by atoms with van der Waals surface area (Å²) in [5.41, 5.74) is 0.615. The van der Waals surface area contributed by atoms with Gasteiger partial charge in [-0.15, -0.1) is 0 Å². The van der Waals surface area contributed by atoms with E-state index in [9.17, 15) is 9.59 Å². The molecule has 0 atom stereocenters. The summed E-state index contributed by atoms with van der Waals surface area (Å²) in [4.78, 5) is 22.4. The maximum absolute atomic E-state index is 11.9. The van der Waals surface area contributed by atoms with Crippen LogP contribution in [0.4, 0.5) is 0 Å². The number of aromatic amines is 1. The molecule has 0 aliphatic heterocycles. The van der Waals surface area contributed by atoms with Gasteiger partial charge in [0.15, 0.2) is 0 Å². The second-order valence-electron chi connectivity index (χ2n) is 4.64. The van der Waals surface area contributed by atoms with Gasteiger partial charge in [0.05, 0.1) is 11.8 Å². The second-order valence-corrected chi connectivity index (χ2v) is 4.64. The van der Waals surface area contributed by atoms with E-state index in [1.807, 2.05) is 0 Å². The van der Waals surface area contributed by atoms with Crippen LogP contribution in [0.15, 0.2) is 6.20 Å². The minimum absolute atomic E-state index is 0.0254. The lowest BCUT2D eigenvalue weighted by Crippen LogP contribution is -2.43. The van der Waals surface area contributed by atoms with Gasteiger partial charge in [-0.3, -0.25) is 14.7 Å². The van der Waals surface area contributed by atoms with Gasteiger partial charge in [0, 0.05) is 17.7 Å². The van der Waals surface area contributed by atoms with Gasteiger partial charge >= 0.3 is 5.97 Å². The van der Waals surface area contributed by atoms with Crippen molar-refractivity contribution in [3.8, 4) is 0 Å². The zero-order chi connectivity index (χ0) is 13.1. The molecule has 0 radical (unpaired) electrons. The number of aliphatic carboxylic acids is 1. The fourth-order valence-electron chi connectivity index (χ4n) is 1.44. The molecule has 6 heteroatoms. The molecule has 0 fully saturated rings. The Balaban J connectivity index is 2.61. The number of nitrogens with one attached hydrogen (secondary N) is 2. The van der Waals surface area contributed by atoms with E-state index in [1.54, 1.807) is 20.8 Å². The van der Waals surface area contributed by atoms with Gasteiger partial charge < -0.3 is 10.4 Å². The van der Waals surface area contributed by atoms with Gasteiger partial charge in [0.1, 0.15) is 0 Å². The standard InChI is InChI=1S/C11H17N3O3/c1-7-8(6-12-14-7)10(17)13-11(2,3)5-4-9(15)16/h6H,4-5H2,1-3H3,(H,12,14)(H,13,17)(H,15,16). The summed E-state index contributed by atoms with van der Waals surface area (Å²) in [7, 11) is 0. The van der Waals surface area contributed by atoms with Crippen LogP contribution >= 0.6 is 0 Å².